The molecule has 102 valence electrons. The Kier molecular flexibility index (Phi) is 3.42. The highest BCUT2D eigenvalue weighted by molar-refractivity contribution is 5.94. The highest BCUT2D eigenvalue weighted by Crippen LogP contribution is 2.38. The van der Waals surface area contributed by atoms with E-state index in [4.69, 9.17) is 4.74 Å². The van der Waals surface area contributed by atoms with Crippen molar-refractivity contribution in [1.29, 1.82) is 0 Å². The molecule has 0 bridgehead atoms. The number of carbonyl (C=O) groups excluding carboxylic acids is 1. The highest BCUT2D eigenvalue weighted by atomic mass is 16.5. The molecule has 1 saturated heterocycles. The van der Waals surface area contributed by atoms with Crippen LogP contribution in [0.4, 0.5) is 11.4 Å². The van der Waals surface area contributed by atoms with Gasteiger partial charge in [0.2, 0.25) is 5.91 Å². The molecule has 4 heteroatoms. The monoisotopic (exact) mass is 260 g/mol. The number of nitrogens with one attached hydrogen (secondary N) is 1. The average Bonchev–Trinajstić information content (AvgIpc) is 3.18. The number of hydrogen-bond donors (Lipinski definition) is 1. The van der Waals surface area contributed by atoms with Crippen LogP contribution in [0, 0.1) is 11.8 Å². The number of ether oxygens (including phenoxy) is 1. The van der Waals surface area contributed by atoms with Crippen molar-refractivity contribution in [3.05, 3.63) is 24.3 Å². The second-order valence-corrected chi connectivity index (χ2v) is 5.46. The largest absolute Gasteiger partial charge is 0.378 e. The molecular weight excluding hydrogens is 240 g/mol. The smallest absolute Gasteiger partial charge is 0.227 e. The van der Waals surface area contributed by atoms with Crippen molar-refractivity contribution in [3.63, 3.8) is 0 Å². The van der Waals surface area contributed by atoms with Gasteiger partial charge in [-0.3, -0.25) is 4.79 Å². The van der Waals surface area contributed by atoms with Gasteiger partial charge in [0.25, 0.3) is 0 Å². The summed E-state index contributed by atoms with van der Waals surface area (Å²) in [5.41, 5.74) is 2.09. The fourth-order valence-corrected chi connectivity index (χ4v) is 2.50. The summed E-state index contributed by atoms with van der Waals surface area (Å²) >= 11 is 0. The van der Waals surface area contributed by atoms with Gasteiger partial charge in [-0.05, 0) is 36.6 Å². The van der Waals surface area contributed by atoms with Crippen LogP contribution in [0.15, 0.2) is 24.3 Å². The predicted octanol–water partition coefficient (Wildman–Crippen LogP) is 2.12. The van der Waals surface area contributed by atoms with Crippen LogP contribution >= 0.6 is 0 Å². The lowest BCUT2D eigenvalue weighted by Gasteiger charge is -2.28. The second-order valence-electron chi connectivity index (χ2n) is 5.46. The third kappa shape index (κ3) is 2.89. The van der Waals surface area contributed by atoms with Crippen molar-refractivity contribution >= 4 is 17.3 Å². The predicted molar refractivity (Wildman–Crippen MR) is 75.4 cm³/mol. The molecule has 0 spiro atoms. The summed E-state index contributed by atoms with van der Waals surface area (Å²) in [6.45, 7) is 5.57. The minimum absolute atomic E-state index is 0.159. The molecule has 2 atom stereocenters. The quantitative estimate of drug-likeness (QED) is 0.905. The number of anilines is 2. The molecule has 1 aromatic carbocycles. The van der Waals surface area contributed by atoms with Crippen LogP contribution in [0.3, 0.4) is 0 Å². The lowest BCUT2D eigenvalue weighted by molar-refractivity contribution is -0.117. The summed E-state index contributed by atoms with van der Waals surface area (Å²) in [6.07, 6.45) is 1.03. The summed E-state index contributed by atoms with van der Waals surface area (Å²) in [6, 6.07) is 8.10. The molecule has 0 aromatic heterocycles. The Morgan fingerprint density at radius 1 is 1.26 bits per heavy atom. The third-order valence-electron chi connectivity index (χ3n) is 3.96. The van der Waals surface area contributed by atoms with Crippen molar-refractivity contribution in [2.24, 2.45) is 11.8 Å². The summed E-state index contributed by atoms with van der Waals surface area (Å²) in [5.74, 6) is 0.929. The fraction of sp³-hybridized carbons (Fsp3) is 0.533. The summed E-state index contributed by atoms with van der Waals surface area (Å²) in [7, 11) is 0. The standard InChI is InChI=1S/C15H20N2O2/c1-11-10-14(11)15(18)16-12-2-4-13(5-3-12)17-6-8-19-9-7-17/h2-5,11,14H,6-10H2,1H3,(H,16,18)/t11-,14-/m1/s1. The molecule has 1 amide bonds. The SMILES string of the molecule is C[C@@H]1C[C@H]1C(=O)Nc1ccc(N2CCOCC2)cc1. The number of morpholine rings is 1. The molecule has 1 aliphatic carbocycles. The molecule has 0 unspecified atom stereocenters. The number of carbonyl (C=O) groups is 1. The topological polar surface area (TPSA) is 41.6 Å². The molecular formula is C15H20N2O2. The zero-order chi connectivity index (χ0) is 13.2. The Morgan fingerprint density at radius 3 is 2.47 bits per heavy atom. The van der Waals surface area contributed by atoms with Gasteiger partial charge in [0.05, 0.1) is 13.2 Å². The van der Waals surface area contributed by atoms with Crippen molar-refractivity contribution in [1.82, 2.24) is 0 Å². The van der Waals surface area contributed by atoms with Gasteiger partial charge in [0.1, 0.15) is 0 Å². The molecule has 4 nitrogen and oxygen atoms in total. The molecule has 1 aromatic rings. The van der Waals surface area contributed by atoms with Gasteiger partial charge in [0, 0.05) is 30.4 Å². The molecule has 2 aliphatic rings. The molecule has 3 rings (SSSR count). The van der Waals surface area contributed by atoms with Crippen LogP contribution in [-0.4, -0.2) is 32.2 Å². The summed E-state index contributed by atoms with van der Waals surface area (Å²) in [5, 5.41) is 2.98. The Balaban J connectivity index is 1.60. The molecule has 1 aliphatic heterocycles. The van der Waals surface area contributed by atoms with E-state index >= 15 is 0 Å². The van der Waals surface area contributed by atoms with E-state index in [1.54, 1.807) is 0 Å². The van der Waals surface area contributed by atoms with Crippen molar-refractivity contribution in [3.8, 4) is 0 Å². The van der Waals surface area contributed by atoms with E-state index in [-0.39, 0.29) is 11.8 Å². The van der Waals surface area contributed by atoms with E-state index in [2.05, 4.69) is 29.3 Å². The van der Waals surface area contributed by atoms with E-state index in [9.17, 15) is 4.79 Å². The van der Waals surface area contributed by atoms with E-state index in [1.807, 2.05) is 12.1 Å². The van der Waals surface area contributed by atoms with Gasteiger partial charge in [-0.1, -0.05) is 6.92 Å². The van der Waals surface area contributed by atoms with Crippen LogP contribution in [0.25, 0.3) is 0 Å². The summed E-state index contributed by atoms with van der Waals surface area (Å²) in [4.78, 5) is 14.1. The van der Waals surface area contributed by atoms with Crippen molar-refractivity contribution in [2.75, 3.05) is 36.5 Å². The van der Waals surface area contributed by atoms with Gasteiger partial charge >= 0.3 is 0 Å². The minimum atomic E-state index is 0.159. The van der Waals surface area contributed by atoms with E-state index in [0.29, 0.717) is 5.92 Å². The Hall–Kier alpha value is -1.55. The van der Waals surface area contributed by atoms with Gasteiger partial charge in [-0.25, -0.2) is 0 Å². The molecule has 0 radical (unpaired) electrons. The van der Waals surface area contributed by atoms with E-state index in [0.717, 1.165) is 38.4 Å². The maximum atomic E-state index is 11.8. The van der Waals surface area contributed by atoms with Gasteiger partial charge in [-0.2, -0.15) is 0 Å². The zero-order valence-electron chi connectivity index (χ0n) is 11.3. The number of amides is 1. The van der Waals surface area contributed by atoms with Gasteiger partial charge < -0.3 is 15.0 Å². The number of hydrogen-bond acceptors (Lipinski definition) is 3. The van der Waals surface area contributed by atoms with E-state index < -0.39 is 0 Å². The maximum absolute atomic E-state index is 11.8. The highest BCUT2D eigenvalue weighted by Gasteiger charge is 2.39. The molecule has 1 heterocycles. The average molecular weight is 260 g/mol. The molecule has 19 heavy (non-hydrogen) atoms. The summed E-state index contributed by atoms with van der Waals surface area (Å²) < 4.78 is 5.34. The Bertz CT molecular complexity index is 452. The lowest BCUT2D eigenvalue weighted by Crippen LogP contribution is -2.36. The Labute approximate surface area is 113 Å². The number of nitrogens with zero attached hydrogens (tertiary/aromatic N) is 1. The first-order valence-corrected chi connectivity index (χ1v) is 6.97. The van der Waals surface area contributed by atoms with Crippen LogP contribution in [0.2, 0.25) is 0 Å². The fourth-order valence-electron chi connectivity index (χ4n) is 2.50. The number of benzene rings is 1. The third-order valence-corrected chi connectivity index (χ3v) is 3.96. The lowest BCUT2D eigenvalue weighted by atomic mass is 10.2. The van der Waals surface area contributed by atoms with Crippen LogP contribution in [0.1, 0.15) is 13.3 Å². The number of rotatable bonds is 3. The molecule has 1 N–H and O–H groups in total. The van der Waals surface area contributed by atoms with Crippen LogP contribution in [0.5, 0.6) is 0 Å². The molecule has 1 saturated carbocycles. The first kappa shape index (κ1) is 12.5. The van der Waals surface area contributed by atoms with Crippen molar-refractivity contribution < 1.29 is 9.53 Å². The van der Waals surface area contributed by atoms with Gasteiger partial charge in [-0.15, -0.1) is 0 Å². The minimum Gasteiger partial charge on any atom is -0.378 e. The Morgan fingerprint density at radius 2 is 1.89 bits per heavy atom. The molecule has 2 fully saturated rings. The van der Waals surface area contributed by atoms with Gasteiger partial charge in [0.15, 0.2) is 0 Å². The normalized spacial score (nSPS) is 26.1. The van der Waals surface area contributed by atoms with E-state index in [1.165, 1.54) is 5.69 Å². The van der Waals surface area contributed by atoms with Crippen LogP contribution in [-0.2, 0) is 9.53 Å². The maximum Gasteiger partial charge on any atom is 0.227 e. The van der Waals surface area contributed by atoms with Crippen molar-refractivity contribution in [2.45, 2.75) is 13.3 Å². The van der Waals surface area contributed by atoms with Crippen LogP contribution < -0.4 is 10.2 Å². The second kappa shape index (κ2) is 5.21. The first-order chi connectivity index (χ1) is 9.24. The zero-order valence-corrected chi connectivity index (χ0v) is 11.3. The first-order valence-electron chi connectivity index (χ1n) is 6.97.